The number of thiocarbonyl (C=S) groups is 1. The van der Waals surface area contributed by atoms with Crippen LogP contribution in [0.3, 0.4) is 0 Å². The van der Waals surface area contributed by atoms with Crippen molar-refractivity contribution in [3.8, 4) is 0 Å². The predicted octanol–water partition coefficient (Wildman–Crippen LogP) is 4.44. The van der Waals surface area contributed by atoms with Gasteiger partial charge in [0.05, 0.1) is 16.2 Å². The molecule has 0 spiro atoms. The van der Waals surface area contributed by atoms with Crippen molar-refractivity contribution in [2.45, 2.75) is 0 Å². The summed E-state index contributed by atoms with van der Waals surface area (Å²) < 4.78 is 0.440. The molecule has 0 atom stereocenters. The largest absolute Gasteiger partial charge is 0.478 e. The fourth-order valence-electron chi connectivity index (χ4n) is 2.15. The normalized spacial score (nSPS) is 16.0. The molecular weight excluding hydrogens is 366 g/mol. The molecule has 1 heterocycles. The molecule has 120 valence electrons. The minimum absolute atomic E-state index is 0.195. The van der Waals surface area contributed by atoms with E-state index >= 15 is 0 Å². The van der Waals surface area contributed by atoms with Crippen LogP contribution < -0.4 is 4.90 Å². The number of benzene rings is 2. The number of carbonyl (C=O) groups is 2. The minimum atomic E-state index is -0.990. The van der Waals surface area contributed by atoms with Gasteiger partial charge in [0.2, 0.25) is 0 Å². The second-order valence-electron chi connectivity index (χ2n) is 4.92. The summed E-state index contributed by atoms with van der Waals surface area (Å²) in [4.78, 5) is 25.4. The summed E-state index contributed by atoms with van der Waals surface area (Å²) in [6, 6.07) is 13.2. The van der Waals surface area contributed by atoms with Gasteiger partial charge in [-0.25, -0.2) is 4.79 Å². The van der Waals surface area contributed by atoms with Gasteiger partial charge in [-0.05, 0) is 48.0 Å². The van der Waals surface area contributed by atoms with E-state index in [1.807, 2.05) is 0 Å². The van der Waals surface area contributed by atoms with Crippen molar-refractivity contribution in [1.29, 1.82) is 0 Å². The summed E-state index contributed by atoms with van der Waals surface area (Å²) in [6.07, 6.45) is 1.70. The Bertz CT molecular complexity index is 860. The van der Waals surface area contributed by atoms with Crippen LogP contribution in [0.2, 0.25) is 5.02 Å². The fourth-order valence-corrected chi connectivity index (χ4v) is 3.58. The van der Waals surface area contributed by atoms with Gasteiger partial charge in [-0.2, -0.15) is 0 Å². The number of halogens is 1. The van der Waals surface area contributed by atoms with Gasteiger partial charge in [0.1, 0.15) is 0 Å². The van der Waals surface area contributed by atoms with Gasteiger partial charge in [0, 0.05) is 5.02 Å². The van der Waals surface area contributed by atoms with E-state index < -0.39 is 5.97 Å². The number of nitrogens with zero attached hydrogens (tertiary/aromatic N) is 1. The highest BCUT2D eigenvalue weighted by molar-refractivity contribution is 8.27. The van der Waals surface area contributed by atoms with E-state index in [0.717, 1.165) is 5.56 Å². The zero-order valence-electron chi connectivity index (χ0n) is 12.1. The first kappa shape index (κ1) is 16.7. The molecule has 7 heteroatoms. The van der Waals surface area contributed by atoms with Gasteiger partial charge in [-0.1, -0.05) is 47.7 Å². The molecule has 1 fully saturated rings. The van der Waals surface area contributed by atoms with Crippen LogP contribution in [0.15, 0.2) is 53.4 Å². The highest BCUT2D eigenvalue weighted by Gasteiger charge is 2.33. The summed E-state index contributed by atoms with van der Waals surface area (Å²) in [7, 11) is 0. The third-order valence-corrected chi connectivity index (χ3v) is 4.89. The van der Waals surface area contributed by atoms with Gasteiger partial charge in [-0.15, -0.1) is 0 Å². The molecule has 4 nitrogen and oxygen atoms in total. The van der Waals surface area contributed by atoms with Crippen LogP contribution in [0.4, 0.5) is 5.69 Å². The molecule has 1 aliphatic rings. The Morgan fingerprint density at radius 1 is 1.12 bits per heavy atom. The van der Waals surface area contributed by atoms with Crippen molar-refractivity contribution < 1.29 is 14.7 Å². The topological polar surface area (TPSA) is 57.6 Å². The Labute approximate surface area is 152 Å². The number of anilines is 1. The van der Waals surface area contributed by atoms with Crippen molar-refractivity contribution in [3.05, 3.63) is 69.6 Å². The predicted molar refractivity (Wildman–Crippen MR) is 101 cm³/mol. The molecule has 3 rings (SSSR count). The summed E-state index contributed by atoms with van der Waals surface area (Å²) in [6.45, 7) is 0. The van der Waals surface area contributed by atoms with Gasteiger partial charge in [-0.3, -0.25) is 9.69 Å². The molecule has 0 aromatic heterocycles. The highest BCUT2D eigenvalue weighted by Crippen LogP contribution is 2.36. The van der Waals surface area contributed by atoms with Crippen LogP contribution in [0.25, 0.3) is 6.08 Å². The van der Waals surface area contributed by atoms with Gasteiger partial charge >= 0.3 is 5.97 Å². The van der Waals surface area contributed by atoms with Crippen LogP contribution in [0.1, 0.15) is 15.9 Å². The van der Waals surface area contributed by atoms with E-state index in [2.05, 4.69) is 0 Å². The van der Waals surface area contributed by atoms with Crippen LogP contribution >= 0.6 is 35.6 Å². The van der Waals surface area contributed by atoms with E-state index in [0.29, 0.717) is 19.9 Å². The number of rotatable bonds is 3. The minimum Gasteiger partial charge on any atom is -0.478 e. The molecular formula is C17H10ClNO3S2. The Morgan fingerprint density at radius 3 is 2.33 bits per heavy atom. The Hall–Kier alpha value is -2.15. The lowest BCUT2D eigenvalue weighted by molar-refractivity contribution is -0.113. The zero-order valence-corrected chi connectivity index (χ0v) is 14.5. The summed E-state index contributed by atoms with van der Waals surface area (Å²) >= 11 is 12.4. The smallest absolute Gasteiger partial charge is 0.335 e. The molecule has 2 aromatic carbocycles. The quantitative estimate of drug-likeness (QED) is 0.634. The molecule has 1 aliphatic heterocycles. The summed E-state index contributed by atoms with van der Waals surface area (Å²) in [5, 5.41) is 9.49. The number of carboxylic acids is 1. The first-order valence-electron chi connectivity index (χ1n) is 6.82. The molecule has 0 radical (unpaired) electrons. The molecule has 1 amide bonds. The van der Waals surface area contributed by atoms with E-state index in [1.165, 1.54) is 28.8 Å². The average Bonchev–Trinajstić information content (AvgIpc) is 2.83. The van der Waals surface area contributed by atoms with E-state index in [9.17, 15) is 9.59 Å². The van der Waals surface area contributed by atoms with Crippen LogP contribution in [0.5, 0.6) is 0 Å². The Balaban J connectivity index is 1.87. The van der Waals surface area contributed by atoms with Crippen LogP contribution in [0, 0.1) is 0 Å². The van der Waals surface area contributed by atoms with Crippen molar-refractivity contribution in [2.75, 3.05) is 4.90 Å². The monoisotopic (exact) mass is 375 g/mol. The second kappa shape index (κ2) is 6.76. The van der Waals surface area contributed by atoms with Crippen molar-refractivity contribution in [3.63, 3.8) is 0 Å². The maximum absolute atomic E-state index is 12.6. The number of thioether (sulfide) groups is 1. The molecule has 0 aliphatic carbocycles. The lowest BCUT2D eigenvalue weighted by atomic mass is 10.1. The number of amides is 1. The fraction of sp³-hybridized carbons (Fsp3) is 0. The van der Waals surface area contributed by atoms with Crippen molar-refractivity contribution >= 4 is 63.5 Å². The number of carboxylic acid groups (broad SMARTS) is 1. The molecule has 1 N–H and O–H groups in total. The molecule has 0 bridgehead atoms. The van der Waals surface area contributed by atoms with Gasteiger partial charge < -0.3 is 5.11 Å². The first-order valence-corrected chi connectivity index (χ1v) is 8.43. The number of carbonyl (C=O) groups excluding carboxylic acids is 1. The van der Waals surface area contributed by atoms with Gasteiger partial charge in [0.25, 0.3) is 5.91 Å². The lowest BCUT2D eigenvalue weighted by Crippen LogP contribution is -2.27. The molecule has 0 saturated carbocycles. The molecule has 24 heavy (non-hydrogen) atoms. The van der Waals surface area contributed by atoms with E-state index in [4.69, 9.17) is 28.9 Å². The Kier molecular flexibility index (Phi) is 4.71. The summed E-state index contributed by atoms with van der Waals surface area (Å²) in [5.41, 5.74) is 1.59. The lowest BCUT2D eigenvalue weighted by Gasteiger charge is -2.14. The third-order valence-electron chi connectivity index (χ3n) is 3.33. The van der Waals surface area contributed by atoms with Crippen LogP contribution in [-0.4, -0.2) is 21.3 Å². The third kappa shape index (κ3) is 3.36. The van der Waals surface area contributed by atoms with Gasteiger partial charge in [0.15, 0.2) is 4.32 Å². The SMILES string of the molecule is O=C(O)c1ccc(/C=C2/SC(=S)N(c3ccc(Cl)cc3)C2=O)cc1. The first-order chi connectivity index (χ1) is 11.5. The molecule has 2 aromatic rings. The van der Waals surface area contributed by atoms with Crippen molar-refractivity contribution in [1.82, 2.24) is 0 Å². The summed E-state index contributed by atoms with van der Waals surface area (Å²) in [5.74, 6) is -1.20. The Morgan fingerprint density at radius 2 is 1.75 bits per heavy atom. The highest BCUT2D eigenvalue weighted by atomic mass is 35.5. The average molecular weight is 376 g/mol. The number of hydrogen-bond donors (Lipinski definition) is 1. The van der Waals surface area contributed by atoms with Crippen molar-refractivity contribution in [2.24, 2.45) is 0 Å². The van der Waals surface area contributed by atoms with Crippen LogP contribution in [-0.2, 0) is 4.79 Å². The number of aromatic carboxylic acids is 1. The molecule has 0 unspecified atom stereocenters. The maximum Gasteiger partial charge on any atom is 0.335 e. The standard InChI is InChI=1S/C17H10ClNO3S2/c18-12-5-7-13(8-6-12)19-15(20)14(24-17(19)23)9-10-1-3-11(4-2-10)16(21)22/h1-9H,(H,21,22)/b14-9+. The molecule has 1 saturated heterocycles. The maximum atomic E-state index is 12.6. The zero-order chi connectivity index (χ0) is 17.3. The van der Waals surface area contributed by atoms with E-state index in [-0.39, 0.29) is 11.5 Å². The number of hydrogen-bond acceptors (Lipinski definition) is 4. The van der Waals surface area contributed by atoms with E-state index in [1.54, 1.807) is 42.5 Å². The second-order valence-corrected chi connectivity index (χ2v) is 7.03.